The van der Waals surface area contributed by atoms with Gasteiger partial charge in [0.1, 0.15) is 18.0 Å². The number of halogens is 2. The lowest BCUT2D eigenvalue weighted by molar-refractivity contribution is 0.629. The Morgan fingerprint density at radius 2 is 1.90 bits per heavy atom. The number of hydrogen-bond donors (Lipinski definition) is 1. The highest BCUT2D eigenvalue weighted by molar-refractivity contribution is 5.90. The number of rotatable bonds is 2. The Morgan fingerprint density at radius 3 is 2.70 bits per heavy atom. The standard InChI is InChI=1S/C15H12FN3.ClH/c1-10-3-2-4-12(7-10)19-15-13-8-11(16)5-6-14(13)17-9-18-15;/h2-9H,1H3,(H,17,18,19);1H. The van der Waals surface area contributed by atoms with Gasteiger partial charge in [-0.3, -0.25) is 0 Å². The van der Waals surface area contributed by atoms with Crippen LogP contribution in [-0.2, 0) is 0 Å². The van der Waals surface area contributed by atoms with Crippen LogP contribution in [0.2, 0.25) is 0 Å². The lowest BCUT2D eigenvalue weighted by atomic mass is 10.2. The zero-order valence-corrected chi connectivity index (χ0v) is 11.6. The molecule has 0 aliphatic heterocycles. The fourth-order valence-electron chi connectivity index (χ4n) is 1.99. The molecule has 20 heavy (non-hydrogen) atoms. The first kappa shape index (κ1) is 14.2. The molecule has 2 aromatic carbocycles. The van der Waals surface area contributed by atoms with Gasteiger partial charge in [-0.1, -0.05) is 12.1 Å². The number of aromatic nitrogens is 2. The number of hydrogen-bond acceptors (Lipinski definition) is 3. The van der Waals surface area contributed by atoms with Gasteiger partial charge in [-0.15, -0.1) is 12.4 Å². The third-order valence-electron chi connectivity index (χ3n) is 2.88. The maximum absolute atomic E-state index is 13.3. The van der Waals surface area contributed by atoms with E-state index in [1.54, 1.807) is 6.07 Å². The minimum Gasteiger partial charge on any atom is -0.340 e. The Bertz CT molecular complexity index is 746. The average molecular weight is 290 g/mol. The van der Waals surface area contributed by atoms with Crippen molar-refractivity contribution in [2.24, 2.45) is 0 Å². The summed E-state index contributed by atoms with van der Waals surface area (Å²) in [6, 6.07) is 12.4. The van der Waals surface area contributed by atoms with Crippen LogP contribution in [-0.4, -0.2) is 9.97 Å². The van der Waals surface area contributed by atoms with Crippen molar-refractivity contribution in [2.45, 2.75) is 6.92 Å². The largest absolute Gasteiger partial charge is 0.340 e. The summed E-state index contributed by atoms with van der Waals surface area (Å²) in [6.07, 6.45) is 1.47. The molecule has 3 rings (SSSR count). The van der Waals surface area contributed by atoms with E-state index in [4.69, 9.17) is 0 Å². The second-order valence-electron chi connectivity index (χ2n) is 4.38. The molecule has 0 amide bonds. The Kier molecular flexibility index (Phi) is 4.15. The summed E-state index contributed by atoms with van der Waals surface area (Å²) in [4.78, 5) is 8.31. The first-order valence-electron chi connectivity index (χ1n) is 5.96. The average Bonchev–Trinajstić information content (AvgIpc) is 2.39. The number of fused-ring (bicyclic) bond motifs is 1. The Balaban J connectivity index is 0.00000147. The maximum Gasteiger partial charge on any atom is 0.141 e. The Hall–Kier alpha value is -2.20. The molecule has 0 aliphatic rings. The van der Waals surface area contributed by atoms with Crippen molar-refractivity contribution in [1.29, 1.82) is 0 Å². The number of nitrogens with one attached hydrogen (secondary N) is 1. The van der Waals surface area contributed by atoms with Crippen molar-refractivity contribution in [3.05, 3.63) is 60.2 Å². The van der Waals surface area contributed by atoms with Gasteiger partial charge in [0.15, 0.2) is 0 Å². The first-order valence-corrected chi connectivity index (χ1v) is 5.96. The summed E-state index contributed by atoms with van der Waals surface area (Å²) in [5, 5.41) is 3.87. The molecule has 0 saturated heterocycles. The van der Waals surface area contributed by atoms with Gasteiger partial charge in [0, 0.05) is 11.1 Å². The van der Waals surface area contributed by atoms with Gasteiger partial charge in [0.05, 0.1) is 5.52 Å². The van der Waals surface area contributed by atoms with Gasteiger partial charge < -0.3 is 5.32 Å². The van der Waals surface area contributed by atoms with E-state index < -0.39 is 0 Å². The maximum atomic E-state index is 13.3. The van der Waals surface area contributed by atoms with E-state index in [1.807, 2.05) is 31.2 Å². The molecule has 0 unspecified atom stereocenters. The van der Waals surface area contributed by atoms with Crippen LogP contribution in [0.25, 0.3) is 10.9 Å². The van der Waals surface area contributed by atoms with Crippen LogP contribution >= 0.6 is 12.4 Å². The summed E-state index contributed by atoms with van der Waals surface area (Å²) in [6.45, 7) is 2.02. The minimum absolute atomic E-state index is 0. The molecule has 0 saturated carbocycles. The lowest BCUT2D eigenvalue weighted by Crippen LogP contribution is -1.96. The molecule has 3 aromatic rings. The third-order valence-corrected chi connectivity index (χ3v) is 2.88. The smallest absolute Gasteiger partial charge is 0.141 e. The highest BCUT2D eigenvalue weighted by atomic mass is 35.5. The quantitative estimate of drug-likeness (QED) is 0.766. The van der Waals surface area contributed by atoms with Gasteiger partial charge in [0.2, 0.25) is 0 Å². The third kappa shape index (κ3) is 2.86. The molecular weight excluding hydrogens is 277 g/mol. The molecule has 0 fully saturated rings. The van der Waals surface area contributed by atoms with Crippen LogP contribution in [0.15, 0.2) is 48.8 Å². The molecule has 1 aromatic heterocycles. The van der Waals surface area contributed by atoms with Crippen LogP contribution < -0.4 is 5.32 Å². The van der Waals surface area contributed by atoms with E-state index in [2.05, 4.69) is 15.3 Å². The molecular formula is C15H13ClFN3. The van der Waals surface area contributed by atoms with E-state index in [1.165, 1.54) is 18.5 Å². The molecule has 0 bridgehead atoms. The summed E-state index contributed by atoms with van der Waals surface area (Å²) >= 11 is 0. The van der Waals surface area contributed by atoms with Crippen molar-refractivity contribution < 1.29 is 4.39 Å². The first-order chi connectivity index (χ1) is 9.22. The van der Waals surface area contributed by atoms with Crippen LogP contribution in [0.5, 0.6) is 0 Å². The SMILES string of the molecule is Cc1cccc(Nc2ncnc3ccc(F)cc23)c1.Cl. The topological polar surface area (TPSA) is 37.8 Å². The van der Waals surface area contributed by atoms with Crippen molar-refractivity contribution in [3.63, 3.8) is 0 Å². The summed E-state index contributed by atoms with van der Waals surface area (Å²) < 4.78 is 13.3. The van der Waals surface area contributed by atoms with Crippen molar-refractivity contribution in [2.75, 3.05) is 5.32 Å². The molecule has 1 N–H and O–H groups in total. The number of benzene rings is 2. The second-order valence-corrected chi connectivity index (χ2v) is 4.38. The van der Waals surface area contributed by atoms with Crippen LogP contribution in [0, 0.1) is 12.7 Å². The molecule has 102 valence electrons. The summed E-state index contributed by atoms with van der Waals surface area (Å²) in [5.41, 5.74) is 2.78. The Morgan fingerprint density at radius 1 is 1.05 bits per heavy atom. The zero-order chi connectivity index (χ0) is 13.2. The summed E-state index contributed by atoms with van der Waals surface area (Å²) in [5.74, 6) is 0.310. The van der Waals surface area contributed by atoms with Gasteiger partial charge in [0.25, 0.3) is 0 Å². The van der Waals surface area contributed by atoms with Crippen LogP contribution in [0.1, 0.15) is 5.56 Å². The number of aryl methyl sites for hydroxylation is 1. The van der Waals surface area contributed by atoms with Crippen molar-refractivity contribution in [3.8, 4) is 0 Å². The van der Waals surface area contributed by atoms with Gasteiger partial charge >= 0.3 is 0 Å². The second kappa shape index (κ2) is 5.84. The lowest BCUT2D eigenvalue weighted by Gasteiger charge is -2.08. The highest BCUT2D eigenvalue weighted by Gasteiger charge is 2.05. The number of nitrogens with zero attached hydrogens (tertiary/aromatic N) is 2. The van der Waals surface area contributed by atoms with E-state index in [0.717, 1.165) is 11.3 Å². The molecule has 3 nitrogen and oxygen atoms in total. The number of anilines is 2. The van der Waals surface area contributed by atoms with E-state index in [9.17, 15) is 4.39 Å². The molecule has 0 radical (unpaired) electrons. The van der Waals surface area contributed by atoms with Crippen LogP contribution in [0.3, 0.4) is 0 Å². The molecule has 0 atom stereocenters. The minimum atomic E-state index is -0.297. The van der Waals surface area contributed by atoms with Crippen molar-refractivity contribution in [1.82, 2.24) is 9.97 Å². The van der Waals surface area contributed by atoms with E-state index in [0.29, 0.717) is 16.7 Å². The predicted molar refractivity (Wildman–Crippen MR) is 81.2 cm³/mol. The van der Waals surface area contributed by atoms with E-state index in [-0.39, 0.29) is 18.2 Å². The molecule has 1 heterocycles. The zero-order valence-electron chi connectivity index (χ0n) is 10.8. The van der Waals surface area contributed by atoms with Gasteiger partial charge in [-0.25, -0.2) is 14.4 Å². The van der Waals surface area contributed by atoms with Gasteiger partial charge in [-0.05, 0) is 42.8 Å². The summed E-state index contributed by atoms with van der Waals surface area (Å²) in [7, 11) is 0. The highest BCUT2D eigenvalue weighted by Crippen LogP contribution is 2.23. The fraction of sp³-hybridized carbons (Fsp3) is 0.0667. The van der Waals surface area contributed by atoms with Gasteiger partial charge in [-0.2, -0.15) is 0 Å². The molecule has 5 heteroatoms. The normalized spacial score (nSPS) is 10.1. The fourth-order valence-corrected chi connectivity index (χ4v) is 1.99. The van der Waals surface area contributed by atoms with E-state index >= 15 is 0 Å². The monoisotopic (exact) mass is 289 g/mol. The Labute approximate surface area is 122 Å². The molecule has 0 spiro atoms. The van der Waals surface area contributed by atoms with Crippen LogP contribution in [0.4, 0.5) is 15.9 Å². The van der Waals surface area contributed by atoms with Crippen molar-refractivity contribution >= 4 is 34.8 Å². The predicted octanol–water partition coefficient (Wildman–Crippen LogP) is 4.24. The molecule has 0 aliphatic carbocycles.